The Morgan fingerprint density at radius 3 is 2.32 bits per heavy atom. The first-order chi connectivity index (χ1) is 11.9. The topological polar surface area (TPSA) is 38.3 Å². The zero-order chi connectivity index (χ0) is 18.1. The summed E-state index contributed by atoms with van der Waals surface area (Å²) in [7, 11) is 0. The molecular formula is C22H27NO2. The van der Waals surface area contributed by atoms with Crippen LogP contribution in [-0.2, 0) is 29.3 Å². The number of benzene rings is 2. The Morgan fingerprint density at radius 2 is 1.60 bits per heavy atom. The average molecular weight is 337 g/mol. The number of nitrogens with one attached hydrogen (secondary N) is 1. The molecule has 0 heterocycles. The van der Waals surface area contributed by atoms with Gasteiger partial charge in [-0.05, 0) is 28.2 Å². The Labute approximate surface area is 150 Å². The quantitative estimate of drug-likeness (QED) is 0.749. The van der Waals surface area contributed by atoms with E-state index in [0.717, 1.165) is 16.7 Å². The first kappa shape index (κ1) is 18.9. The second kappa shape index (κ2) is 9.19. The van der Waals surface area contributed by atoms with Crippen LogP contribution in [0.4, 0.5) is 0 Å². The molecule has 0 radical (unpaired) electrons. The predicted molar refractivity (Wildman–Crippen MR) is 102 cm³/mol. The molecule has 0 aliphatic rings. The number of ether oxygens (including phenoxy) is 1. The van der Waals surface area contributed by atoms with Crippen molar-refractivity contribution < 1.29 is 9.53 Å². The number of hydrogen-bond donors (Lipinski definition) is 1. The molecule has 0 spiro atoms. The third kappa shape index (κ3) is 7.81. The van der Waals surface area contributed by atoms with Crippen molar-refractivity contribution >= 4 is 5.91 Å². The number of rotatable bonds is 7. The summed E-state index contributed by atoms with van der Waals surface area (Å²) in [5, 5.41) is 2.91. The van der Waals surface area contributed by atoms with Crippen molar-refractivity contribution in [3.05, 3.63) is 83.4 Å². The lowest BCUT2D eigenvalue weighted by atomic mass is 9.96. The molecule has 0 saturated heterocycles. The van der Waals surface area contributed by atoms with Crippen molar-refractivity contribution in [2.45, 2.75) is 40.5 Å². The zero-order valence-corrected chi connectivity index (χ0v) is 15.3. The van der Waals surface area contributed by atoms with Crippen LogP contribution < -0.4 is 5.32 Å². The number of amides is 1. The summed E-state index contributed by atoms with van der Waals surface area (Å²) in [6.45, 7) is 7.86. The third-order valence-corrected chi connectivity index (χ3v) is 3.57. The molecule has 1 amide bonds. The molecule has 0 unspecified atom stereocenters. The van der Waals surface area contributed by atoms with Crippen molar-refractivity contribution in [3.8, 4) is 0 Å². The average Bonchev–Trinajstić information content (AvgIpc) is 2.59. The van der Waals surface area contributed by atoms with Crippen LogP contribution >= 0.6 is 0 Å². The molecule has 0 atom stereocenters. The molecule has 0 aliphatic heterocycles. The van der Waals surface area contributed by atoms with E-state index in [4.69, 9.17) is 4.74 Å². The van der Waals surface area contributed by atoms with Gasteiger partial charge >= 0.3 is 0 Å². The third-order valence-electron chi connectivity index (χ3n) is 3.57. The van der Waals surface area contributed by atoms with Gasteiger partial charge in [-0.2, -0.15) is 0 Å². The Balaban J connectivity index is 1.80. The highest BCUT2D eigenvalue weighted by Crippen LogP contribution is 2.14. The van der Waals surface area contributed by atoms with Gasteiger partial charge < -0.3 is 10.1 Å². The Bertz CT molecular complexity index is 699. The van der Waals surface area contributed by atoms with E-state index in [0.29, 0.717) is 19.8 Å². The van der Waals surface area contributed by atoms with Gasteiger partial charge in [0.05, 0.1) is 13.2 Å². The van der Waals surface area contributed by atoms with E-state index >= 15 is 0 Å². The van der Waals surface area contributed by atoms with E-state index in [1.165, 1.54) is 0 Å². The molecule has 3 heteroatoms. The molecule has 0 aliphatic carbocycles. The van der Waals surface area contributed by atoms with Crippen LogP contribution in [0.3, 0.4) is 0 Å². The normalized spacial score (nSPS) is 11.6. The summed E-state index contributed by atoms with van der Waals surface area (Å²) in [5.74, 6) is -0.0688. The van der Waals surface area contributed by atoms with E-state index in [-0.39, 0.29) is 11.3 Å². The Hall–Kier alpha value is -2.39. The molecular weight excluding hydrogens is 310 g/mol. The maximum absolute atomic E-state index is 11.9. The summed E-state index contributed by atoms with van der Waals surface area (Å²) in [4.78, 5) is 11.9. The highest BCUT2D eigenvalue weighted by atomic mass is 16.5. The fourth-order valence-electron chi connectivity index (χ4n) is 2.26. The van der Waals surface area contributed by atoms with Gasteiger partial charge in [-0.15, -0.1) is 0 Å². The molecule has 0 fully saturated rings. The second-order valence-corrected chi connectivity index (χ2v) is 7.22. The molecule has 132 valence electrons. The maximum atomic E-state index is 11.9. The van der Waals surface area contributed by atoms with Gasteiger partial charge in [0.2, 0.25) is 5.91 Å². The van der Waals surface area contributed by atoms with Gasteiger partial charge in [0.15, 0.2) is 0 Å². The fraction of sp³-hybridized carbons (Fsp3) is 0.318. The van der Waals surface area contributed by atoms with Gasteiger partial charge in [0.25, 0.3) is 0 Å². The predicted octanol–water partition coefficient (Wildman–Crippen LogP) is 4.62. The van der Waals surface area contributed by atoms with Crippen molar-refractivity contribution in [1.82, 2.24) is 5.32 Å². The SMILES string of the molecule is CC(C)(C)/C=C/C(=O)NCc1cccc(COCc2ccccc2)c1. The van der Waals surface area contributed by atoms with Gasteiger partial charge in [-0.3, -0.25) is 4.79 Å². The molecule has 3 nitrogen and oxygen atoms in total. The number of hydrogen-bond acceptors (Lipinski definition) is 2. The molecule has 2 aromatic rings. The van der Waals surface area contributed by atoms with Crippen molar-refractivity contribution in [2.24, 2.45) is 5.41 Å². The molecule has 1 N–H and O–H groups in total. The summed E-state index contributed by atoms with van der Waals surface area (Å²) in [6, 6.07) is 18.2. The molecule has 0 saturated carbocycles. The largest absolute Gasteiger partial charge is 0.372 e. The monoisotopic (exact) mass is 337 g/mol. The highest BCUT2D eigenvalue weighted by molar-refractivity contribution is 5.87. The van der Waals surface area contributed by atoms with E-state index in [1.54, 1.807) is 6.08 Å². The van der Waals surface area contributed by atoms with Crippen LogP contribution in [0.25, 0.3) is 0 Å². The van der Waals surface area contributed by atoms with Crippen LogP contribution in [0, 0.1) is 5.41 Å². The van der Waals surface area contributed by atoms with Crippen molar-refractivity contribution in [1.29, 1.82) is 0 Å². The molecule has 2 aromatic carbocycles. The van der Waals surface area contributed by atoms with Gasteiger partial charge in [-0.1, -0.05) is 81.4 Å². The van der Waals surface area contributed by atoms with Crippen LogP contribution in [0.2, 0.25) is 0 Å². The lowest BCUT2D eigenvalue weighted by molar-refractivity contribution is -0.116. The Morgan fingerprint density at radius 1 is 0.960 bits per heavy atom. The first-order valence-corrected chi connectivity index (χ1v) is 8.59. The van der Waals surface area contributed by atoms with Crippen LogP contribution in [0.15, 0.2) is 66.7 Å². The minimum Gasteiger partial charge on any atom is -0.372 e. The number of carbonyl (C=O) groups is 1. The van der Waals surface area contributed by atoms with Crippen LogP contribution in [-0.4, -0.2) is 5.91 Å². The van der Waals surface area contributed by atoms with Crippen molar-refractivity contribution in [3.63, 3.8) is 0 Å². The van der Waals surface area contributed by atoms with Crippen molar-refractivity contribution in [2.75, 3.05) is 0 Å². The van der Waals surface area contributed by atoms with Crippen LogP contribution in [0.5, 0.6) is 0 Å². The first-order valence-electron chi connectivity index (χ1n) is 8.59. The standard InChI is InChI=1S/C22H27NO2/c1-22(2,3)13-12-21(24)23-15-19-10-7-11-20(14-19)17-25-16-18-8-5-4-6-9-18/h4-14H,15-17H2,1-3H3,(H,23,24)/b13-12+. The minimum atomic E-state index is -0.0688. The molecule has 25 heavy (non-hydrogen) atoms. The van der Waals surface area contributed by atoms with E-state index in [1.807, 2.05) is 42.5 Å². The van der Waals surface area contributed by atoms with E-state index in [9.17, 15) is 4.79 Å². The second-order valence-electron chi connectivity index (χ2n) is 7.22. The fourth-order valence-corrected chi connectivity index (χ4v) is 2.26. The molecule has 2 rings (SSSR count). The summed E-state index contributed by atoms with van der Waals surface area (Å²) in [5.41, 5.74) is 3.34. The van der Waals surface area contributed by atoms with Gasteiger partial charge in [0, 0.05) is 6.54 Å². The number of allylic oxidation sites excluding steroid dienone is 1. The van der Waals surface area contributed by atoms with E-state index in [2.05, 4.69) is 44.3 Å². The summed E-state index contributed by atoms with van der Waals surface area (Å²) in [6.07, 6.45) is 3.52. The number of carbonyl (C=O) groups excluding carboxylic acids is 1. The lowest BCUT2D eigenvalue weighted by Crippen LogP contribution is -2.21. The van der Waals surface area contributed by atoms with Gasteiger partial charge in [-0.25, -0.2) is 0 Å². The lowest BCUT2D eigenvalue weighted by Gasteiger charge is -2.11. The zero-order valence-electron chi connectivity index (χ0n) is 15.3. The van der Waals surface area contributed by atoms with E-state index < -0.39 is 0 Å². The molecule has 0 bridgehead atoms. The summed E-state index contributed by atoms with van der Waals surface area (Å²) >= 11 is 0. The summed E-state index contributed by atoms with van der Waals surface area (Å²) < 4.78 is 5.76. The minimum absolute atomic E-state index is 0.00729. The van der Waals surface area contributed by atoms with Gasteiger partial charge in [0.1, 0.15) is 0 Å². The molecule has 0 aromatic heterocycles. The highest BCUT2D eigenvalue weighted by Gasteiger charge is 2.05. The smallest absolute Gasteiger partial charge is 0.243 e. The van der Waals surface area contributed by atoms with Crippen LogP contribution in [0.1, 0.15) is 37.5 Å². The Kier molecular flexibility index (Phi) is 6.96. The maximum Gasteiger partial charge on any atom is 0.243 e.